The van der Waals surface area contributed by atoms with Gasteiger partial charge in [0.05, 0.1) is 24.1 Å². The molecule has 1 aliphatic heterocycles. The summed E-state index contributed by atoms with van der Waals surface area (Å²) in [6.07, 6.45) is 3.17. The molecule has 0 saturated carbocycles. The molecule has 2 aromatic heterocycles. The number of anilines is 1. The normalized spacial score (nSPS) is 14.8. The van der Waals surface area contributed by atoms with Crippen molar-refractivity contribution in [2.45, 2.75) is 45.4 Å². The topological polar surface area (TPSA) is 126 Å². The quantitative estimate of drug-likeness (QED) is 0.600. The van der Waals surface area contributed by atoms with Crippen LogP contribution in [0.2, 0.25) is 0 Å². The van der Waals surface area contributed by atoms with Crippen molar-refractivity contribution in [1.82, 2.24) is 25.5 Å². The van der Waals surface area contributed by atoms with E-state index in [0.29, 0.717) is 10.7 Å². The van der Waals surface area contributed by atoms with E-state index < -0.39 is 29.6 Å². The van der Waals surface area contributed by atoms with E-state index in [0.717, 1.165) is 30.1 Å². The Labute approximate surface area is 190 Å². The lowest BCUT2D eigenvalue weighted by molar-refractivity contribution is -0.117. The fourth-order valence-electron chi connectivity index (χ4n) is 3.02. The van der Waals surface area contributed by atoms with E-state index in [4.69, 9.17) is 4.74 Å². The number of carbonyl (C=O) groups is 3. The van der Waals surface area contributed by atoms with E-state index in [1.165, 1.54) is 17.5 Å². The van der Waals surface area contributed by atoms with Gasteiger partial charge in [-0.2, -0.15) is 0 Å². The Morgan fingerprint density at radius 3 is 2.78 bits per heavy atom. The minimum Gasteiger partial charge on any atom is -0.444 e. The number of nitrogens with one attached hydrogen (secondary N) is 3. The molecule has 2 aromatic rings. The molecule has 3 rings (SSSR count). The molecule has 11 heteroatoms. The summed E-state index contributed by atoms with van der Waals surface area (Å²) in [5, 5.41) is 8.21. The molecule has 3 N–H and O–H groups in total. The maximum absolute atomic E-state index is 12.9. The van der Waals surface area contributed by atoms with Gasteiger partial charge in [0.2, 0.25) is 5.91 Å². The lowest BCUT2D eigenvalue weighted by Gasteiger charge is -2.22. The molecular formula is C21H28N6O4S. The van der Waals surface area contributed by atoms with E-state index in [2.05, 4.69) is 30.8 Å². The Morgan fingerprint density at radius 2 is 2.09 bits per heavy atom. The van der Waals surface area contributed by atoms with Crippen LogP contribution in [0.3, 0.4) is 0 Å². The maximum atomic E-state index is 12.9. The van der Waals surface area contributed by atoms with Gasteiger partial charge < -0.3 is 25.6 Å². The van der Waals surface area contributed by atoms with E-state index >= 15 is 0 Å². The fraction of sp³-hybridized carbons (Fsp3) is 0.476. The third-order valence-electron chi connectivity index (χ3n) is 4.52. The minimum absolute atomic E-state index is 0.152. The lowest BCUT2D eigenvalue weighted by Crippen LogP contribution is -2.51. The zero-order chi connectivity index (χ0) is 23.3. The third-order valence-corrected chi connectivity index (χ3v) is 5.60. The van der Waals surface area contributed by atoms with Crippen molar-refractivity contribution in [3.63, 3.8) is 0 Å². The van der Waals surface area contributed by atoms with Gasteiger partial charge in [-0.25, -0.2) is 9.78 Å². The number of pyridine rings is 1. The third kappa shape index (κ3) is 6.72. The van der Waals surface area contributed by atoms with Crippen LogP contribution < -0.4 is 16.0 Å². The number of nitrogens with zero attached hydrogens (tertiary/aromatic N) is 3. The smallest absolute Gasteiger partial charge is 0.407 e. The SMILES string of the molecule is CN1CCc2nc(C(=O)NC(CNC(=O)OC(C)(C)C)C(=O)Nc3cccnc3)sc2C1. The molecular weight excluding hydrogens is 432 g/mol. The number of carbonyl (C=O) groups excluding carboxylic acids is 3. The monoisotopic (exact) mass is 460 g/mol. The first kappa shape index (κ1) is 23.6. The van der Waals surface area contributed by atoms with Crippen LogP contribution in [0.15, 0.2) is 24.5 Å². The van der Waals surface area contributed by atoms with Crippen LogP contribution in [-0.4, -0.2) is 64.6 Å². The number of alkyl carbamates (subject to hydrolysis) is 1. The van der Waals surface area contributed by atoms with Gasteiger partial charge in [0.15, 0.2) is 5.01 Å². The van der Waals surface area contributed by atoms with Crippen molar-refractivity contribution in [2.75, 3.05) is 25.5 Å². The molecule has 10 nitrogen and oxygen atoms in total. The number of amides is 3. The van der Waals surface area contributed by atoms with Crippen LogP contribution in [0.25, 0.3) is 0 Å². The van der Waals surface area contributed by atoms with Crippen molar-refractivity contribution in [2.24, 2.45) is 0 Å². The van der Waals surface area contributed by atoms with Crippen molar-refractivity contribution in [3.8, 4) is 0 Å². The summed E-state index contributed by atoms with van der Waals surface area (Å²) in [6, 6.07) is 2.31. The summed E-state index contributed by atoms with van der Waals surface area (Å²) in [4.78, 5) is 49.4. The first-order chi connectivity index (χ1) is 15.1. The van der Waals surface area contributed by atoms with Gasteiger partial charge in [-0.15, -0.1) is 11.3 Å². The number of ether oxygens (including phenoxy) is 1. The van der Waals surface area contributed by atoms with Crippen LogP contribution in [-0.2, 0) is 22.5 Å². The summed E-state index contributed by atoms with van der Waals surface area (Å²) in [7, 11) is 2.02. The van der Waals surface area contributed by atoms with Gasteiger partial charge in [-0.3, -0.25) is 14.6 Å². The van der Waals surface area contributed by atoms with Gasteiger partial charge >= 0.3 is 6.09 Å². The molecule has 0 aliphatic carbocycles. The van der Waals surface area contributed by atoms with E-state index in [-0.39, 0.29) is 6.54 Å². The van der Waals surface area contributed by atoms with Crippen molar-refractivity contribution >= 4 is 34.9 Å². The number of thiazole rings is 1. The molecule has 3 amide bonds. The van der Waals surface area contributed by atoms with Crippen molar-refractivity contribution in [1.29, 1.82) is 0 Å². The van der Waals surface area contributed by atoms with Crippen molar-refractivity contribution in [3.05, 3.63) is 40.1 Å². The van der Waals surface area contributed by atoms with Gasteiger partial charge in [0.25, 0.3) is 5.91 Å². The molecule has 3 heterocycles. The Hall–Kier alpha value is -3.05. The maximum Gasteiger partial charge on any atom is 0.407 e. The fourth-order valence-corrected chi connectivity index (χ4v) is 4.11. The highest BCUT2D eigenvalue weighted by Crippen LogP contribution is 2.24. The van der Waals surface area contributed by atoms with Crippen LogP contribution in [0.1, 0.15) is 41.1 Å². The van der Waals surface area contributed by atoms with Gasteiger partial charge in [0, 0.05) is 30.6 Å². The molecule has 0 bridgehead atoms. The highest BCUT2D eigenvalue weighted by molar-refractivity contribution is 7.13. The Balaban J connectivity index is 1.70. The number of likely N-dealkylation sites (N-methyl/N-ethyl adjacent to an activating group) is 1. The molecule has 1 unspecified atom stereocenters. The molecule has 0 radical (unpaired) electrons. The standard InChI is InChI=1S/C21H28N6O4S/c1-21(2,3)31-20(30)23-11-15(17(28)24-13-6-5-8-22-10-13)25-18(29)19-26-14-7-9-27(4)12-16(14)32-19/h5-6,8,10,15H,7,9,11-12H2,1-4H3,(H,23,30)(H,24,28)(H,25,29). The second-order valence-electron chi connectivity index (χ2n) is 8.52. The summed E-state index contributed by atoms with van der Waals surface area (Å²) in [6.45, 7) is 6.69. The van der Waals surface area contributed by atoms with Crippen LogP contribution in [0, 0.1) is 0 Å². The highest BCUT2D eigenvalue weighted by Gasteiger charge is 2.27. The first-order valence-electron chi connectivity index (χ1n) is 10.3. The number of aromatic nitrogens is 2. The average molecular weight is 461 g/mol. The molecule has 1 atom stereocenters. The number of hydrogen-bond donors (Lipinski definition) is 3. The molecule has 172 valence electrons. The first-order valence-corrected chi connectivity index (χ1v) is 11.1. The average Bonchev–Trinajstić information content (AvgIpc) is 3.13. The summed E-state index contributed by atoms with van der Waals surface area (Å²) in [5.41, 5.74) is 0.705. The Morgan fingerprint density at radius 1 is 1.31 bits per heavy atom. The molecule has 1 aliphatic rings. The van der Waals surface area contributed by atoms with Crippen LogP contribution in [0.4, 0.5) is 10.5 Å². The largest absolute Gasteiger partial charge is 0.444 e. The second kappa shape index (κ2) is 10.0. The molecule has 0 saturated heterocycles. The van der Waals surface area contributed by atoms with E-state index in [1.807, 2.05) is 7.05 Å². The molecule has 0 spiro atoms. The van der Waals surface area contributed by atoms with Crippen molar-refractivity contribution < 1.29 is 19.1 Å². The minimum atomic E-state index is -1.04. The predicted octanol–water partition coefficient (Wildman–Crippen LogP) is 1.79. The zero-order valence-corrected chi connectivity index (χ0v) is 19.4. The van der Waals surface area contributed by atoms with Gasteiger partial charge in [-0.1, -0.05) is 0 Å². The summed E-state index contributed by atoms with van der Waals surface area (Å²) >= 11 is 1.32. The number of hydrogen-bond acceptors (Lipinski definition) is 8. The van der Waals surface area contributed by atoms with Gasteiger partial charge in [-0.05, 0) is 40.0 Å². The van der Waals surface area contributed by atoms with Gasteiger partial charge in [0.1, 0.15) is 11.6 Å². The second-order valence-corrected chi connectivity index (χ2v) is 9.60. The van der Waals surface area contributed by atoms with E-state index in [9.17, 15) is 14.4 Å². The zero-order valence-electron chi connectivity index (χ0n) is 18.6. The highest BCUT2D eigenvalue weighted by atomic mass is 32.1. The van der Waals surface area contributed by atoms with Crippen LogP contribution in [0.5, 0.6) is 0 Å². The summed E-state index contributed by atoms with van der Waals surface area (Å²) < 4.78 is 5.22. The lowest BCUT2D eigenvalue weighted by atomic mass is 10.2. The van der Waals surface area contributed by atoms with Crippen LogP contribution >= 0.6 is 11.3 Å². The Kier molecular flexibility index (Phi) is 7.41. The molecule has 0 fully saturated rings. The Bertz CT molecular complexity index is 972. The predicted molar refractivity (Wildman–Crippen MR) is 121 cm³/mol. The summed E-state index contributed by atoms with van der Waals surface area (Å²) in [5.74, 6) is -0.965. The molecule has 32 heavy (non-hydrogen) atoms. The number of rotatable bonds is 6. The molecule has 0 aromatic carbocycles. The van der Waals surface area contributed by atoms with E-state index in [1.54, 1.807) is 39.1 Å². The number of fused-ring (bicyclic) bond motifs is 1.